The van der Waals surface area contributed by atoms with E-state index in [1.807, 2.05) is 13.0 Å². The summed E-state index contributed by atoms with van der Waals surface area (Å²) in [5.74, 6) is 0.824. The van der Waals surface area contributed by atoms with Crippen LogP contribution in [0.15, 0.2) is 36.5 Å². The summed E-state index contributed by atoms with van der Waals surface area (Å²) >= 11 is 0. The lowest BCUT2D eigenvalue weighted by Crippen LogP contribution is -2.28. The zero-order valence-electron chi connectivity index (χ0n) is 17.0. The summed E-state index contributed by atoms with van der Waals surface area (Å²) in [5, 5.41) is 12.1. The number of ether oxygens (including phenoxy) is 1. The number of rotatable bonds is 5. The van der Waals surface area contributed by atoms with E-state index in [-0.39, 0.29) is 11.9 Å². The Balaban J connectivity index is 1.49. The monoisotopic (exact) mass is 404 g/mol. The molecule has 154 valence electrons. The predicted octanol–water partition coefficient (Wildman–Crippen LogP) is 2.94. The van der Waals surface area contributed by atoms with Crippen LogP contribution < -0.4 is 15.4 Å². The number of aromatic nitrogens is 4. The Morgan fingerprint density at radius 1 is 1.33 bits per heavy atom. The normalized spacial score (nSPS) is 15.9. The molecule has 0 saturated heterocycles. The van der Waals surface area contributed by atoms with Gasteiger partial charge in [0.2, 0.25) is 5.88 Å². The van der Waals surface area contributed by atoms with Gasteiger partial charge in [0.15, 0.2) is 5.65 Å². The molecule has 4 aromatic rings. The number of carbonyl (C=O) groups excluding carboxylic acids is 1. The molecule has 0 aliphatic heterocycles. The second-order valence-electron chi connectivity index (χ2n) is 7.47. The predicted molar refractivity (Wildman–Crippen MR) is 115 cm³/mol. The highest BCUT2D eigenvalue weighted by molar-refractivity contribution is 6.02. The van der Waals surface area contributed by atoms with Crippen molar-refractivity contribution in [2.75, 3.05) is 19.0 Å². The summed E-state index contributed by atoms with van der Waals surface area (Å²) < 4.78 is 7.28. The van der Waals surface area contributed by atoms with Gasteiger partial charge in [-0.2, -0.15) is 4.52 Å². The number of para-hydroxylation sites is 1. The quantitative estimate of drug-likeness (QED) is 0.475. The number of aromatic amines is 1. The summed E-state index contributed by atoms with van der Waals surface area (Å²) in [7, 11) is 1.59. The van der Waals surface area contributed by atoms with Gasteiger partial charge < -0.3 is 20.4 Å². The number of anilines is 1. The molecule has 0 bridgehead atoms. The van der Waals surface area contributed by atoms with Crippen LogP contribution >= 0.6 is 0 Å². The lowest BCUT2D eigenvalue weighted by Gasteiger charge is -2.24. The molecule has 3 N–H and O–H groups in total. The van der Waals surface area contributed by atoms with Gasteiger partial charge in [-0.3, -0.25) is 4.79 Å². The minimum atomic E-state index is -0.265. The number of benzene rings is 1. The van der Waals surface area contributed by atoms with Gasteiger partial charge in [-0.05, 0) is 43.9 Å². The number of nitrogens with zero attached hydrogens (tertiary/aromatic N) is 3. The average Bonchev–Trinajstić information content (AvgIpc) is 3.32. The molecule has 0 unspecified atom stereocenters. The lowest BCUT2D eigenvalue weighted by molar-refractivity contribution is 0.0960. The first-order valence-corrected chi connectivity index (χ1v) is 10.3. The molecule has 30 heavy (non-hydrogen) atoms. The molecule has 1 aliphatic rings. The standard InChI is InChI=1S/C22H24N6O2/c1-3-30-22-19(21(29)23-2)20-24-11-10-18(28(20)27-22)25-13-8-9-17-15(12-13)14-6-4-5-7-16(14)26-17/h4-7,10-11,13,25-26H,3,8-9,12H2,1-2H3,(H,23,29)/t13-/m1/s1. The Labute approximate surface area is 173 Å². The van der Waals surface area contributed by atoms with Crippen LogP contribution in [0.3, 0.4) is 0 Å². The van der Waals surface area contributed by atoms with Crippen molar-refractivity contribution in [3.63, 3.8) is 0 Å². The maximum atomic E-state index is 12.4. The fourth-order valence-corrected chi connectivity index (χ4v) is 4.30. The molecule has 0 saturated carbocycles. The van der Waals surface area contributed by atoms with Crippen molar-refractivity contribution in [1.82, 2.24) is 24.9 Å². The van der Waals surface area contributed by atoms with E-state index in [0.29, 0.717) is 23.7 Å². The van der Waals surface area contributed by atoms with E-state index in [0.717, 1.165) is 25.1 Å². The van der Waals surface area contributed by atoms with Gasteiger partial charge in [-0.25, -0.2) is 4.98 Å². The third-order valence-corrected chi connectivity index (χ3v) is 5.67. The number of carbonyl (C=O) groups is 1. The Morgan fingerprint density at radius 3 is 3.03 bits per heavy atom. The molecule has 5 rings (SSSR count). The number of fused-ring (bicyclic) bond motifs is 4. The molecule has 3 heterocycles. The topological polar surface area (TPSA) is 96.3 Å². The van der Waals surface area contributed by atoms with Crippen molar-refractivity contribution < 1.29 is 9.53 Å². The summed E-state index contributed by atoms with van der Waals surface area (Å²) in [4.78, 5) is 20.4. The first kappa shape index (κ1) is 18.5. The summed E-state index contributed by atoms with van der Waals surface area (Å²) in [6.07, 6.45) is 4.61. The third kappa shape index (κ3) is 2.96. The SMILES string of the molecule is CCOc1nn2c(N[C@@H]3CCc4[nH]c5ccccc5c4C3)ccnc2c1C(=O)NC. The van der Waals surface area contributed by atoms with Crippen molar-refractivity contribution >= 4 is 28.3 Å². The van der Waals surface area contributed by atoms with Gasteiger partial charge in [0, 0.05) is 35.9 Å². The summed E-state index contributed by atoms with van der Waals surface area (Å²) in [6.45, 7) is 2.29. The highest BCUT2D eigenvalue weighted by Gasteiger charge is 2.25. The van der Waals surface area contributed by atoms with Crippen LogP contribution in [-0.2, 0) is 12.8 Å². The molecular weight excluding hydrogens is 380 g/mol. The Morgan fingerprint density at radius 2 is 2.20 bits per heavy atom. The molecule has 0 spiro atoms. The minimum absolute atomic E-state index is 0.255. The van der Waals surface area contributed by atoms with Crippen molar-refractivity contribution in [3.8, 4) is 5.88 Å². The molecule has 0 radical (unpaired) electrons. The minimum Gasteiger partial charge on any atom is -0.476 e. The molecule has 8 heteroatoms. The summed E-state index contributed by atoms with van der Waals surface area (Å²) in [5.41, 5.74) is 4.73. The van der Waals surface area contributed by atoms with E-state index in [2.05, 4.69) is 50.0 Å². The molecule has 0 fully saturated rings. The van der Waals surface area contributed by atoms with Gasteiger partial charge in [0.1, 0.15) is 11.4 Å². The fourth-order valence-electron chi connectivity index (χ4n) is 4.30. The number of hydrogen-bond acceptors (Lipinski definition) is 5. The fraction of sp³-hybridized carbons (Fsp3) is 0.318. The smallest absolute Gasteiger partial charge is 0.260 e. The van der Waals surface area contributed by atoms with Gasteiger partial charge in [0.05, 0.1) is 6.61 Å². The molecular formula is C22H24N6O2. The molecule has 8 nitrogen and oxygen atoms in total. The third-order valence-electron chi connectivity index (χ3n) is 5.67. The lowest BCUT2D eigenvalue weighted by atomic mass is 9.91. The average molecular weight is 404 g/mol. The van der Waals surface area contributed by atoms with E-state index in [4.69, 9.17) is 4.74 Å². The first-order chi connectivity index (χ1) is 14.7. The summed E-state index contributed by atoms with van der Waals surface area (Å²) in [6, 6.07) is 10.6. The molecule has 1 aromatic carbocycles. The zero-order valence-corrected chi connectivity index (χ0v) is 17.0. The number of nitrogens with one attached hydrogen (secondary N) is 3. The second-order valence-corrected chi connectivity index (χ2v) is 7.47. The van der Waals surface area contributed by atoms with Gasteiger partial charge >= 0.3 is 0 Å². The van der Waals surface area contributed by atoms with Crippen LogP contribution in [0, 0.1) is 0 Å². The van der Waals surface area contributed by atoms with Crippen molar-refractivity contribution in [3.05, 3.63) is 53.3 Å². The molecule has 3 aromatic heterocycles. The van der Waals surface area contributed by atoms with Gasteiger partial charge in [-0.1, -0.05) is 18.2 Å². The number of hydrogen-bond donors (Lipinski definition) is 3. The van der Waals surface area contributed by atoms with E-state index in [1.54, 1.807) is 17.8 Å². The molecule has 1 atom stereocenters. The van der Waals surface area contributed by atoms with Crippen molar-refractivity contribution in [1.29, 1.82) is 0 Å². The van der Waals surface area contributed by atoms with E-state index < -0.39 is 0 Å². The second kappa shape index (κ2) is 7.37. The Bertz CT molecular complexity index is 1240. The largest absolute Gasteiger partial charge is 0.476 e. The van der Waals surface area contributed by atoms with E-state index >= 15 is 0 Å². The van der Waals surface area contributed by atoms with Crippen LogP contribution in [0.1, 0.15) is 35.0 Å². The number of amides is 1. The van der Waals surface area contributed by atoms with Crippen LogP contribution in [0.2, 0.25) is 0 Å². The van der Waals surface area contributed by atoms with Crippen molar-refractivity contribution in [2.45, 2.75) is 32.2 Å². The van der Waals surface area contributed by atoms with Gasteiger partial charge in [0.25, 0.3) is 5.91 Å². The maximum Gasteiger partial charge on any atom is 0.260 e. The molecule has 1 amide bonds. The van der Waals surface area contributed by atoms with E-state index in [1.165, 1.54) is 22.2 Å². The highest BCUT2D eigenvalue weighted by atomic mass is 16.5. The van der Waals surface area contributed by atoms with Crippen LogP contribution in [0.5, 0.6) is 5.88 Å². The first-order valence-electron chi connectivity index (χ1n) is 10.3. The van der Waals surface area contributed by atoms with Crippen LogP contribution in [0.25, 0.3) is 16.6 Å². The number of aryl methyl sites for hydroxylation is 1. The van der Waals surface area contributed by atoms with Crippen molar-refractivity contribution in [2.24, 2.45) is 0 Å². The molecule has 1 aliphatic carbocycles. The maximum absolute atomic E-state index is 12.4. The van der Waals surface area contributed by atoms with E-state index in [9.17, 15) is 4.79 Å². The number of H-pyrrole nitrogens is 1. The highest BCUT2D eigenvalue weighted by Crippen LogP contribution is 2.31. The van der Waals surface area contributed by atoms with Crippen LogP contribution in [-0.4, -0.2) is 45.2 Å². The van der Waals surface area contributed by atoms with Crippen LogP contribution in [0.4, 0.5) is 5.82 Å². The van der Waals surface area contributed by atoms with Gasteiger partial charge in [-0.15, -0.1) is 5.10 Å². The Hall–Kier alpha value is -3.55. The Kier molecular flexibility index (Phi) is 4.54. The zero-order chi connectivity index (χ0) is 20.7.